The van der Waals surface area contributed by atoms with Crippen molar-refractivity contribution in [1.29, 1.82) is 0 Å². The maximum Gasteiger partial charge on any atom is 0.251 e. The number of nitrogens with one attached hydrogen (secondary N) is 4. The number of H-pyrrole nitrogens is 1. The quantitative estimate of drug-likeness (QED) is 0.519. The molecule has 1 amide bonds. The summed E-state index contributed by atoms with van der Waals surface area (Å²) in [6.45, 7) is 5.07. The molecule has 1 atom stereocenters. The van der Waals surface area contributed by atoms with Gasteiger partial charge in [0.2, 0.25) is 0 Å². The first-order valence-corrected chi connectivity index (χ1v) is 11.4. The first-order valence-electron chi connectivity index (χ1n) is 11.4. The van der Waals surface area contributed by atoms with Gasteiger partial charge < -0.3 is 25.7 Å². The lowest BCUT2D eigenvalue weighted by Gasteiger charge is -2.27. The van der Waals surface area contributed by atoms with Crippen molar-refractivity contribution in [2.75, 3.05) is 20.3 Å². The average molecular weight is 423 g/mol. The standard InChI is InChI=1S/C25H34N4O2/c1-4-18(15-31-3)29-24(20-12-8-9-17-13-16(2)27-23(17)20)22-21(14-26-25(22)30)28-19-10-6-5-7-11-19/h4,8-9,12-13,19,24,27-29H,5-7,10-11,14-15H2,1-3H3,(H,26,30)/b18-4-. The Labute approximate surface area is 184 Å². The second-order valence-corrected chi connectivity index (χ2v) is 8.64. The Morgan fingerprint density at radius 1 is 1.29 bits per heavy atom. The van der Waals surface area contributed by atoms with E-state index < -0.39 is 0 Å². The lowest BCUT2D eigenvalue weighted by molar-refractivity contribution is -0.116. The minimum atomic E-state index is -0.281. The van der Waals surface area contributed by atoms with Crippen molar-refractivity contribution in [2.45, 2.75) is 58.0 Å². The summed E-state index contributed by atoms with van der Waals surface area (Å²) in [7, 11) is 1.69. The smallest absolute Gasteiger partial charge is 0.251 e. The number of hydrogen-bond acceptors (Lipinski definition) is 4. The van der Waals surface area contributed by atoms with E-state index in [1.165, 1.54) is 19.3 Å². The molecule has 1 fully saturated rings. The first-order chi connectivity index (χ1) is 15.1. The van der Waals surface area contributed by atoms with Gasteiger partial charge in [0.05, 0.1) is 30.3 Å². The van der Waals surface area contributed by atoms with Gasteiger partial charge in [0.25, 0.3) is 5.91 Å². The van der Waals surface area contributed by atoms with Crippen LogP contribution in [0.3, 0.4) is 0 Å². The number of para-hydroxylation sites is 1. The predicted molar refractivity (Wildman–Crippen MR) is 125 cm³/mol. The van der Waals surface area contributed by atoms with E-state index in [4.69, 9.17) is 4.74 Å². The van der Waals surface area contributed by atoms with E-state index in [1.807, 2.05) is 13.0 Å². The van der Waals surface area contributed by atoms with E-state index in [-0.39, 0.29) is 11.9 Å². The zero-order chi connectivity index (χ0) is 21.8. The Kier molecular flexibility index (Phi) is 6.66. The highest BCUT2D eigenvalue weighted by Gasteiger charge is 2.33. The molecule has 1 aliphatic carbocycles. The van der Waals surface area contributed by atoms with E-state index in [1.54, 1.807) is 7.11 Å². The number of ether oxygens (including phenoxy) is 1. The molecule has 1 aromatic carbocycles. The summed E-state index contributed by atoms with van der Waals surface area (Å²) in [5.41, 5.74) is 5.99. The van der Waals surface area contributed by atoms with Gasteiger partial charge in [-0.25, -0.2) is 0 Å². The van der Waals surface area contributed by atoms with Crippen LogP contribution in [-0.2, 0) is 9.53 Å². The Balaban J connectivity index is 1.78. The van der Waals surface area contributed by atoms with Gasteiger partial charge in [0.1, 0.15) is 0 Å². The van der Waals surface area contributed by atoms with Crippen molar-refractivity contribution in [3.63, 3.8) is 0 Å². The van der Waals surface area contributed by atoms with Gasteiger partial charge in [0, 0.05) is 41.2 Å². The molecule has 0 saturated heterocycles. The third-order valence-electron chi connectivity index (χ3n) is 6.38. The number of allylic oxidation sites excluding steroid dienone is 1. The fraction of sp³-hybridized carbons (Fsp3) is 0.480. The zero-order valence-electron chi connectivity index (χ0n) is 18.8. The highest BCUT2D eigenvalue weighted by atomic mass is 16.5. The average Bonchev–Trinajstić information content (AvgIpc) is 3.33. The molecule has 166 valence electrons. The van der Waals surface area contributed by atoms with E-state index in [2.05, 4.69) is 52.1 Å². The second kappa shape index (κ2) is 9.60. The third kappa shape index (κ3) is 4.64. The molecule has 2 aromatic rings. The van der Waals surface area contributed by atoms with Crippen molar-refractivity contribution in [3.8, 4) is 0 Å². The molecule has 31 heavy (non-hydrogen) atoms. The molecular weight excluding hydrogens is 388 g/mol. The topological polar surface area (TPSA) is 78.2 Å². The van der Waals surface area contributed by atoms with Gasteiger partial charge in [0.15, 0.2) is 0 Å². The Bertz CT molecular complexity index is 998. The maximum atomic E-state index is 13.1. The van der Waals surface area contributed by atoms with Crippen LogP contribution in [0, 0.1) is 6.92 Å². The van der Waals surface area contributed by atoms with E-state index in [0.29, 0.717) is 19.2 Å². The lowest BCUT2D eigenvalue weighted by Crippen LogP contribution is -2.34. The molecule has 1 unspecified atom stereocenters. The molecule has 0 bridgehead atoms. The molecule has 4 rings (SSSR count). The number of aryl methyl sites for hydroxylation is 1. The number of aromatic amines is 1. The normalized spacial score (nSPS) is 19.1. The molecule has 1 aromatic heterocycles. The van der Waals surface area contributed by atoms with Crippen LogP contribution < -0.4 is 16.0 Å². The highest BCUT2D eigenvalue weighted by molar-refractivity contribution is 5.99. The van der Waals surface area contributed by atoms with Crippen molar-refractivity contribution in [3.05, 3.63) is 58.6 Å². The predicted octanol–water partition coefficient (Wildman–Crippen LogP) is 3.96. The molecule has 6 nitrogen and oxygen atoms in total. The summed E-state index contributed by atoms with van der Waals surface area (Å²) >= 11 is 0. The summed E-state index contributed by atoms with van der Waals surface area (Å²) in [6.07, 6.45) is 8.15. The summed E-state index contributed by atoms with van der Waals surface area (Å²) in [4.78, 5) is 16.6. The monoisotopic (exact) mass is 422 g/mol. The number of carbonyl (C=O) groups excluding carboxylic acids is 1. The highest BCUT2D eigenvalue weighted by Crippen LogP contribution is 2.33. The first kappa shape index (κ1) is 21.5. The van der Waals surface area contributed by atoms with Crippen molar-refractivity contribution < 1.29 is 9.53 Å². The minimum absolute atomic E-state index is 0.0102. The van der Waals surface area contributed by atoms with Crippen LogP contribution in [0.15, 0.2) is 47.3 Å². The number of amides is 1. The van der Waals surface area contributed by atoms with Crippen LogP contribution in [0.5, 0.6) is 0 Å². The van der Waals surface area contributed by atoms with E-state index in [0.717, 1.165) is 52.0 Å². The Morgan fingerprint density at radius 3 is 2.84 bits per heavy atom. The van der Waals surface area contributed by atoms with E-state index >= 15 is 0 Å². The van der Waals surface area contributed by atoms with E-state index in [9.17, 15) is 4.79 Å². The number of carbonyl (C=O) groups is 1. The summed E-state index contributed by atoms with van der Waals surface area (Å²) in [5, 5.41) is 11.5. The molecule has 2 heterocycles. The number of methoxy groups -OCH3 is 1. The van der Waals surface area contributed by atoms with Gasteiger partial charge in [-0.1, -0.05) is 43.5 Å². The number of benzene rings is 1. The third-order valence-corrected chi connectivity index (χ3v) is 6.38. The largest absolute Gasteiger partial charge is 0.384 e. The molecule has 0 radical (unpaired) electrons. The summed E-state index contributed by atoms with van der Waals surface area (Å²) in [5.74, 6) is -0.0102. The van der Waals surface area contributed by atoms with Gasteiger partial charge in [-0.3, -0.25) is 4.79 Å². The molecular formula is C25H34N4O2. The summed E-state index contributed by atoms with van der Waals surface area (Å²) < 4.78 is 5.39. The molecule has 1 aliphatic heterocycles. The molecule has 0 spiro atoms. The molecule has 2 aliphatic rings. The van der Waals surface area contributed by atoms with Crippen LogP contribution in [0.1, 0.15) is 56.3 Å². The summed E-state index contributed by atoms with van der Waals surface area (Å²) in [6, 6.07) is 8.58. The number of aromatic nitrogens is 1. The second-order valence-electron chi connectivity index (χ2n) is 8.64. The zero-order valence-corrected chi connectivity index (χ0v) is 18.8. The van der Waals surface area contributed by atoms with Crippen LogP contribution >= 0.6 is 0 Å². The van der Waals surface area contributed by atoms with Gasteiger partial charge >= 0.3 is 0 Å². The number of hydrogen-bond donors (Lipinski definition) is 4. The fourth-order valence-corrected chi connectivity index (χ4v) is 4.84. The van der Waals surface area contributed by atoms with Gasteiger partial charge in [-0.15, -0.1) is 0 Å². The SMILES string of the molecule is C/C=C(/COC)NC(C1=C(NC2CCCCC2)CNC1=O)c1cccc2cc(C)[nH]c12. The number of rotatable bonds is 8. The molecule has 1 saturated carbocycles. The molecule has 6 heteroatoms. The molecule has 4 N–H and O–H groups in total. The van der Waals surface area contributed by atoms with Crippen LogP contribution in [0.4, 0.5) is 0 Å². The fourth-order valence-electron chi connectivity index (χ4n) is 4.84. The van der Waals surface area contributed by atoms with Crippen LogP contribution in [0.2, 0.25) is 0 Å². The maximum absolute atomic E-state index is 13.1. The van der Waals surface area contributed by atoms with Crippen molar-refractivity contribution >= 4 is 16.8 Å². The lowest BCUT2D eigenvalue weighted by atomic mass is 9.93. The number of fused-ring (bicyclic) bond motifs is 1. The van der Waals surface area contributed by atoms with Gasteiger partial charge in [-0.05, 0) is 32.8 Å². The van der Waals surface area contributed by atoms with Crippen molar-refractivity contribution in [1.82, 2.24) is 20.9 Å². The minimum Gasteiger partial charge on any atom is -0.384 e. The Morgan fingerprint density at radius 2 is 2.10 bits per heavy atom. The van der Waals surface area contributed by atoms with Gasteiger partial charge in [-0.2, -0.15) is 0 Å². The van der Waals surface area contributed by atoms with Crippen molar-refractivity contribution in [2.24, 2.45) is 0 Å². The Hall–Kier alpha value is -2.73. The van der Waals surface area contributed by atoms with Crippen LogP contribution in [-0.4, -0.2) is 37.2 Å². The van der Waals surface area contributed by atoms with Crippen LogP contribution in [0.25, 0.3) is 10.9 Å².